The summed E-state index contributed by atoms with van der Waals surface area (Å²) in [6, 6.07) is 7.80. The third-order valence-corrected chi connectivity index (χ3v) is 5.30. The van der Waals surface area contributed by atoms with Crippen LogP contribution in [0.2, 0.25) is 0 Å². The zero-order chi connectivity index (χ0) is 20.2. The normalized spacial score (nSPS) is 19.8. The minimum atomic E-state index is -0.371. The van der Waals surface area contributed by atoms with Crippen LogP contribution in [0.25, 0.3) is 0 Å². The van der Waals surface area contributed by atoms with Gasteiger partial charge in [-0.05, 0) is 24.6 Å². The molecule has 3 heterocycles. The molecule has 9 nitrogen and oxygen atoms in total. The zero-order valence-corrected chi connectivity index (χ0v) is 16.6. The number of piperazine rings is 1. The molecule has 0 aliphatic carbocycles. The Morgan fingerprint density at radius 2 is 2.00 bits per heavy atom. The van der Waals surface area contributed by atoms with E-state index in [1.807, 2.05) is 25.3 Å². The van der Waals surface area contributed by atoms with Gasteiger partial charge >= 0.3 is 6.03 Å². The number of benzene rings is 1. The van der Waals surface area contributed by atoms with Crippen LogP contribution in [0.4, 0.5) is 22.2 Å². The molecule has 0 radical (unpaired) electrons. The first-order chi connectivity index (χ1) is 14.1. The average molecular weight is 397 g/mol. The average Bonchev–Trinajstić information content (AvgIpc) is 2.76. The van der Waals surface area contributed by atoms with E-state index in [0.29, 0.717) is 32.1 Å². The Bertz CT molecular complexity index is 844. The van der Waals surface area contributed by atoms with Gasteiger partial charge in [0.05, 0.1) is 12.7 Å². The van der Waals surface area contributed by atoms with Crippen LogP contribution in [0.1, 0.15) is 17.2 Å². The molecule has 0 spiro atoms. The number of primary amides is 1. The highest BCUT2D eigenvalue weighted by molar-refractivity contribution is 5.72. The van der Waals surface area contributed by atoms with Crippen LogP contribution in [-0.2, 0) is 4.74 Å². The molecule has 2 amide bonds. The van der Waals surface area contributed by atoms with E-state index in [1.165, 1.54) is 0 Å². The maximum atomic E-state index is 11.3. The van der Waals surface area contributed by atoms with Crippen LogP contribution in [0.5, 0.6) is 0 Å². The van der Waals surface area contributed by atoms with Crippen molar-refractivity contribution in [1.82, 2.24) is 20.2 Å². The Hall–Kier alpha value is -2.91. The number of ether oxygens (including phenoxy) is 1. The van der Waals surface area contributed by atoms with E-state index in [-0.39, 0.29) is 12.1 Å². The lowest BCUT2D eigenvalue weighted by atomic mass is 10.1. The van der Waals surface area contributed by atoms with Gasteiger partial charge in [-0.2, -0.15) is 4.98 Å². The first-order valence-corrected chi connectivity index (χ1v) is 9.92. The summed E-state index contributed by atoms with van der Waals surface area (Å²) in [5, 5.41) is 6.62. The number of hydrogen-bond donors (Lipinski definition) is 3. The van der Waals surface area contributed by atoms with Crippen molar-refractivity contribution >= 4 is 23.5 Å². The SMILES string of the molecule is Cc1cnc(Nc2ccc(C3CNCCO3)cc2)nc1N1CCN(C(N)=O)CC1. The Morgan fingerprint density at radius 3 is 2.66 bits per heavy atom. The number of nitrogens with zero attached hydrogens (tertiary/aromatic N) is 4. The third kappa shape index (κ3) is 4.57. The Kier molecular flexibility index (Phi) is 5.77. The van der Waals surface area contributed by atoms with E-state index in [9.17, 15) is 4.79 Å². The van der Waals surface area contributed by atoms with Gasteiger partial charge < -0.3 is 30.9 Å². The summed E-state index contributed by atoms with van der Waals surface area (Å²) in [4.78, 5) is 24.3. The van der Waals surface area contributed by atoms with E-state index in [1.54, 1.807) is 4.90 Å². The van der Waals surface area contributed by atoms with Gasteiger partial charge in [0.2, 0.25) is 5.95 Å². The first-order valence-electron chi connectivity index (χ1n) is 9.92. The van der Waals surface area contributed by atoms with E-state index in [0.717, 1.165) is 42.3 Å². The molecule has 1 aromatic heterocycles. The van der Waals surface area contributed by atoms with Gasteiger partial charge in [-0.1, -0.05) is 12.1 Å². The fourth-order valence-corrected chi connectivity index (χ4v) is 3.64. The number of rotatable bonds is 4. The molecule has 154 valence electrons. The fourth-order valence-electron chi connectivity index (χ4n) is 3.64. The number of urea groups is 1. The summed E-state index contributed by atoms with van der Waals surface area (Å²) >= 11 is 0. The lowest BCUT2D eigenvalue weighted by Gasteiger charge is -2.35. The van der Waals surface area contributed by atoms with Crippen molar-refractivity contribution in [3.63, 3.8) is 0 Å². The number of nitrogens with two attached hydrogens (primary N) is 1. The number of carbonyl (C=O) groups excluding carboxylic acids is 1. The van der Waals surface area contributed by atoms with E-state index in [2.05, 4.69) is 32.7 Å². The third-order valence-electron chi connectivity index (χ3n) is 5.30. The number of aromatic nitrogens is 2. The maximum Gasteiger partial charge on any atom is 0.314 e. The predicted octanol–water partition coefficient (Wildman–Crippen LogP) is 1.39. The predicted molar refractivity (Wildman–Crippen MR) is 111 cm³/mol. The zero-order valence-electron chi connectivity index (χ0n) is 16.6. The molecule has 9 heteroatoms. The highest BCUT2D eigenvalue weighted by Crippen LogP contribution is 2.24. The molecule has 0 saturated carbocycles. The van der Waals surface area contributed by atoms with Gasteiger partial charge in [0.1, 0.15) is 5.82 Å². The van der Waals surface area contributed by atoms with Gasteiger partial charge in [-0.3, -0.25) is 0 Å². The number of amides is 2. The molecule has 4 N–H and O–H groups in total. The highest BCUT2D eigenvalue weighted by atomic mass is 16.5. The van der Waals surface area contributed by atoms with Gasteiger partial charge in [-0.25, -0.2) is 9.78 Å². The molecule has 29 heavy (non-hydrogen) atoms. The molecule has 2 fully saturated rings. The van der Waals surface area contributed by atoms with Gasteiger partial charge in [0.25, 0.3) is 0 Å². The summed E-state index contributed by atoms with van der Waals surface area (Å²) in [6.07, 6.45) is 1.92. The van der Waals surface area contributed by atoms with Crippen molar-refractivity contribution < 1.29 is 9.53 Å². The molecule has 4 rings (SSSR count). The van der Waals surface area contributed by atoms with Crippen LogP contribution in [0, 0.1) is 6.92 Å². The summed E-state index contributed by atoms with van der Waals surface area (Å²) in [7, 11) is 0. The largest absolute Gasteiger partial charge is 0.371 e. The fraction of sp³-hybridized carbons (Fsp3) is 0.450. The molecule has 1 aromatic carbocycles. The lowest BCUT2D eigenvalue weighted by molar-refractivity contribution is 0.0277. The molecule has 2 aromatic rings. The summed E-state index contributed by atoms with van der Waals surface area (Å²) in [6.45, 7) is 7.06. The molecular weight excluding hydrogens is 370 g/mol. The standard InChI is InChI=1S/C20H27N7O2/c1-14-12-23-20(25-18(14)26-7-9-27(10-8-26)19(21)28)24-16-4-2-15(3-5-16)17-13-22-6-11-29-17/h2-5,12,17,22H,6-11,13H2,1H3,(H2,21,28)(H,23,24,25). The Balaban J connectivity index is 1.43. The monoisotopic (exact) mass is 397 g/mol. The van der Waals surface area contributed by atoms with Crippen molar-refractivity contribution in [3.05, 3.63) is 41.6 Å². The second-order valence-corrected chi connectivity index (χ2v) is 7.32. The van der Waals surface area contributed by atoms with Crippen LogP contribution >= 0.6 is 0 Å². The topological polar surface area (TPSA) is 109 Å². The van der Waals surface area contributed by atoms with Crippen LogP contribution < -0.4 is 21.3 Å². The molecule has 2 saturated heterocycles. The first kappa shape index (κ1) is 19.4. The van der Waals surface area contributed by atoms with Crippen molar-refractivity contribution in [2.45, 2.75) is 13.0 Å². The number of anilines is 3. The Labute approximate surface area is 170 Å². The maximum absolute atomic E-state index is 11.3. The number of morpholine rings is 1. The van der Waals surface area contributed by atoms with E-state index in [4.69, 9.17) is 15.5 Å². The van der Waals surface area contributed by atoms with Gasteiger partial charge in [-0.15, -0.1) is 0 Å². The summed E-state index contributed by atoms with van der Waals surface area (Å²) < 4.78 is 5.80. The van der Waals surface area contributed by atoms with Gasteiger partial charge in [0.15, 0.2) is 0 Å². The van der Waals surface area contributed by atoms with Crippen molar-refractivity contribution in [1.29, 1.82) is 0 Å². The van der Waals surface area contributed by atoms with Crippen LogP contribution in [0.3, 0.4) is 0 Å². The lowest BCUT2D eigenvalue weighted by Crippen LogP contribution is -2.50. The number of nitrogens with one attached hydrogen (secondary N) is 2. The molecular formula is C20H27N7O2. The number of aryl methyl sites for hydroxylation is 1. The minimum absolute atomic E-state index is 0.0964. The van der Waals surface area contributed by atoms with E-state index < -0.39 is 0 Å². The molecule has 2 aliphatic rings. The van der Waals surface area contributed by atoms with Crippen molar-refractivity contribution in [2.24, 2.45) is 5.73 Å². The second-order valence-electron chi connectivity index (χ2n) is 7.32. The minimum Gasteiger partial charge on any atom is -0.371 e. The molecule has 1 unspecified atom stereocenters. The molecule has 2 aliphatic heterocycles. The van der Waals surface area contributed by atoms with Gasteiger partial charge in [0, 0.05) is 56.7 Å². The highest BCUT2D eigenvalue weighted by Gasteiger charge is 2.22. The summed E-state index contributed by atoms with van der Waals surface area (Å²) in [5.74, 6) is 1.43. The Morgan fingerprint density at radius 1 is 1.24 bits per heavy atom. The number of carbonyl (C=O) groups is 1. The summed E-state index contributed by atoms with van der Waals surface area (Å²) in [5.41, 5.74) is 8.45. The quantitative estimate of drug-likeness (QED) is 0.715. The second kappa shape index (κ2) is 8.62. The molecule has 0 bridgehead atoms. The van der Waals surface area contributed by atoms with E-state index >= 15 is 0 Å². The van der Waals surface area contributed by atoms with Crippen molar-refractivity contribution in [3.8, 4) is 0 Å². The van der Waals surface area contributed by atoms with Crippen LogP contribution in [-0.4, -0.2) is 66.8 Å². The van der Waals surface area contributed by atoms with Crippen molar-refractivity contribution in [2.75, 3.05) is 56.1 Å². The number of hydrogen-bond acceptors (Lipinski definition) is 7. The molecule has 1 atom stereocenters. The van der Waals surface area contributed by atoms with Crippen LogP contribution in [0.15, 0.2) is 30.5 Å². The smallest absolute Gasteiger partial charge is 0.314 e.